The van der Waals surface area contributed by atoms with Crippen LogP contribution in [-0.2, 0) is 17.9 Å². The van der Waals surface area contributed by atoms with E-state index in [0.29, 0.717) is 24.8 Å². The fourth-order valence-electron chi connectivity index (χ4n) is 2.79. The third-order valence-corrected chi connectivity index (χ3v) is 4.01. The maximum absolute atomic E-state index is 12.1. The van der Waals surface area contributed by atoms with Crippen molar-refractivity contribution in [3.63, 3.8) is 0 Å². The molecule has 6 heteroatoms. The first kappa shape index (κ1) is 16.5. The van der Waals surface area contributed by atoms with Crippen molar-refractivity contribution in [2.45, 2.75) is 44.9 Å². The Balaban J connectivity index is 1.54. The molecule has 2 aromatic heterocycles. The minimum Gasteiger partial charge on any atom is -0.474 e. The number of carbonyl (C=O) groups is 1. The van der Waals surface area contributed by atoms with E-state index in [1.54, 1.807) is 25.4 Å². The number of nitrogens with one attached hydrogen (secondary N) is 1. The zero-order valence-electron chi connectivity index (χ0n) is 13.8. The monoisotopic (exact) mass is 330 g/mol. The van der Waals surface area contributed by atoms with Gasteiger partial charge in [-0.25, -0.2) is 4.98 Å². The standard InChI is InChI=1S/C18H22N2O4/c1-22-12-15-6-7-16(23-15)18(21)20-11-13-8-9-19-17(10-13)24-14-4-2-3-5-14/h6-10,14H,2-5,11-12H2,1H3,(H,20,21). The highest BCUT2D eigenvalue weighted by Gasteiger charge is 2.17. The first-order valence-corrected chi connectivity index (χ1v) is 8.22. The van der Waals surface area contributed by atoms with E-state index < -0.39 is 0 Å². The van der Waals surface area contributed by atoms with Crippen LogP contribution in [0.1, 0.15) is 47.6 Å². The van der Waals surface area contributed by atoms with Crippen LogP contribution in [-0.4, -0.2) is 24.1 Å². The van der Waals surface area contributed by atoms with Gasteiger partial charge >= 0.3 is 0 Å². The van der Waals surface area contributed by atoms with E-state index in [1.807, 2.05) is 12.1 Å². The van der Waals surface area contributed by atoms with Gasteiger partial charge < -0.3 is 19.2 Å². The van der Waals surface area contributed by atoms with Crippen molar-refractivity contribution in [2.24, 2.45) is 0 Å². The van der Waals surface area contributed by atoms with Crippen LogP contribution in [0.25, 0.3) is 0 Å². The topological polar surface area (TPSA) is 73.6 Å². The van der Waals surface area contributed by atoms with Gasteiger partial charge in [0.25, 0.3) is 5.91 Å². The fraction of sp³-hybridized carbons (Fsp3) is 0.444. The molecule has 1 aliphatic rings. The molecule has 0 radical (unpaired) electrons. The second kappa shape index (κ2) is 7.97. The molecule has 24 heavy (non-hydrogen) atoms. The van der Waals surface area contributed by atoms with Gasteiger partial charge in [-0.2, -0.15) is 0 Å². The summed E-state index contributed by atoms with van der Waals surface area (Å²) in [4.78, 5) is 16.4. The largest absolute Gasteiger partial charge is 0.474 e. The number of hydrogen-bond donors (Lipinski definition) is 1. The predicted octanol–water partition coefficient (Wildman–Crippen LogP) is 3.07. The van der Waals surface area contributed by atoms with Crippen LogP contribution in [0.4, 0.5) is 0 Å². The summed E-state index contributed by atoms with van der Waals surface area (Å²) in [7, 11) is 1.58. The molecule has 0 atom stereocenters. The van der Waals surface area contributed by atoms with Crippen LogP contribution in [0.5, 0.6) is 5.88 Å². The van der Waals surface area contributed by atoms with Gasteiger partial charge in [-0.05, 0) is 49.4 Å². The van der Waals surface area contributed by atoms with Gasteiger partial charge in [-0.1, -0.05) is 0 Å². The minimum atomic E-state index is -0.257. The molecule has 2 aromatic rings. The van der Waals surface area contributed by atoms with Gasteiger partial charge in [-0.3, -0.25) is 4.79 Å². The molecular weight excluding hydrogens is 308 g/mol. The van der Waals surface area contributed by atoms with Crippen LogP contribution >= 0.6 is 0 Å². The molecule has 6 nitrogen and oxygen atoms in total. The van der Waals surface area contributed by atoms with Crippen molar-refractivity contribution >= 4 is 5.91 Å². The minimum absolute atomic E-state index is 0.257. The Morgan fingerprint density at radius 3 is 2.96 bits per heavy atom. The third kappa shape index (κ3) is 4.35. The van der Waals surface area contributed by atoms with Crippen LogP contribution < -0.4 is 10.1 Å². The Hall–Kier alpha value is -2.34. The Morgan fingerprint density at radius 2 is 2.17 bits per heavy atom. The molecule has 0 bridgehead atoms. The lowest BCUT2D eigenvalue weighted by Crippen LogP contribution is -2.22. The lowest BCUT2D eigenvalue weighted by Gasteiger charge is -2.12. The Labute approximate surface area is 141 Å². The average molecular weight is 330 g/mol. The Bertz CT molecular complexity index is 677. The smallest absolute Gasteiger partial charge is 0.287 e. The third-order valence-electron chi connectivity index (χ3n) is 4.01. The normalized spacial score (nSPS) is 14.7. The number of carbonyl (C=O) groups excluding carboxylic acids is 1. The highest BCUT2D eigenvalue weighted by molar-refractivity contribution is 5.91. The summed E-state index contributed by atoms with van der Waals surface area (Å²) in [5.74, 6) is 1.26. The van der Waals surface area contributed by atoms with Crippen molar-refractivity contribution < 1.29 is 18.7 Å². The summed E-state index contributed by atoms with van der Waals surface area (Å²) in [6.07, 6.45) is 6.58. The summed E-state index contributed by atoms with van der Waals surface area (Å²) < 4.78 is 16.3. The maximum atomic E-state index is 12.1. The van der Waals surface area contributed by atoms with Gasteiger partial charge in [0.2, 0.25) is 5.88 Å². The second-order valence-electron chi connectivity index (χ2n) is 5.91. The van der Waals surface area contributed by atoms with E-state index in [9.17, 15) is 4.79 Å². The van der Waals surface area contributed by atoms with Gasteiger partial charge in [0.15, 0.2) is 5.76 Å². The number of amides is 1. The maximum Gasteiger partial charge on any atom is 0.287 e. The van der Waals surface area contributed by atoms with Crippen LogP contribution in [0.15, 0.2) is 34.9 Å². The second-order valence-corrected chi connectivity index (χ2v) is 5.91. The van der Waals surface area contributed by atoms with E-state index in [4.69, 9.17) is 13.9 Å². The quantitative estimate of drug-likeness (QED) is 0.844. The molecular formula is C18H22N2O4. The van der Waals surface area contributed by atoms with Gasteiger partial charge in [-0.15, -0.1) is 0 Å². The number of methoxy groups -OCH3 is 1. The molecule has 0 unspecified atom stereocenters. The van der Waals surface area contributed by atoms with Crippen LogP contribution in [0, 0.1) is 0 Å². The number of pyridine rings is 1. The van der Waals surface area contributed by atoms with Crippen molar-refractivity contribution in [1.82, 2.24) is 10.3 Å². The van der Waals surface area contributed by atoms with Gasteiger partial charge in [0.1, 0.15) is 18.5 Å². The number of nitrogens with zero attached hydrogens (tertiary/aromatic N) is 1. The molecule has 1 N–H and O–H groups in total. The molecule has 3 rings (SSSR count). The number of ether oxygens (including phenoxy) is 2. The van der Waals surface area contributed by atoms with E-state index >= 15 is 0 Å². The Kier molecular flexibility index (Phi) is 5.48. The zero-order valence-corrected chi connectivity index (χ0v) is 13.8. The molecule has 2 heterocycles. The van der Waals surface area contributed by atoms with Crippen LogP contribution in [0.2, 0.25) is 0 Å². The SMILES string of the molecule is COCc1ccc(C(=O)NCc2ccnc(OC3CCCC3)c2)o1. The van der Waals surface area contributed by atoms with Gasteiger partial charge in [0.05, 0.1) is 0 Å². The molecule has 1 aliphatic carbocycles. The van der Waals surface area contributed by atoms with Crippen molar-refractivity contribution in [2.75, 3.05) is 7.11 Å². The number of hydrogen-bond acceptors (Lipinski definition) is 5. The van der Waals surface area contributed by atoms with E-state index in [-0.39, 0.29) is 17.8 Å². The van der Waals surface area contributed by atoms with Crippen molar-refractivity contribution in [1.29, 1.82) is 0 Å². The number of furan rings is 1. The first-order chi connectivity index (χ1) is 11.7. The predicted molar refractivity (Wildman–Crippen MR) is 87.7 cm³/mol. The molecule has 0 aromatic carbocycles. The van der Waals surface area contributed by atoms with E-state index in [2.05, 4.69) is 10.3 Å². The number of aromatic nitrogens is 1. The molecule has 1 saturated carbocycles. The van der Waals surface area contributed by atoms with Crippen molar-refractivity contribution in [3.8, 4) is 5.88 Å². The molecule has 1 amide bonds. The highest BCUT2D eigenvalue weighted by Crippen LogP contribution is 2.23. The van der Waals surface area contributed by atoms with Crippen molar-refractivity contribution in [3.05, 3.63) is 47.5 Å². The summed E-state index contributed by atoms with van der Waals surface area (Å²) in [6, 6.07) is 7.11. The summed E-state index contributed by atoms with van der Waals surface area (Å²) in [5.41, 5.74) is 0.940. The molecule has 0 saturated heterocycles. The average Bonchev–Trinajstić information content (AvgIpc) is 3.25. The summed E-state index contributed by atoms with van der Waals surface area (Å²) in [5, 5.41) is 2.83. The zero-order chi connectivity index (χ0) is 16.8. The first-order valence-electron chi connectivity index (χ1n) is 8.22. The summed E-state index contributed by atoms with van der Waals surface area (Å²) in [6.45, 7) is 0.738. The molecule has 128 valence electrons. The lowest BCUT2D eigenvalue weighted by atomic mass is 10.2. The van der Waals surface area contributed by atoms with E-state index in [1.165, 1.54) is 12.8 Å². The highest BCUT2D eigenvalue weighted by atomic mass is 16.5. The van der Waals surface area contributed by atoms with Gasteiger partial charge in [0, 0.05) is 25.9 Å². The molecule has 0 spiro atoms. The number of rotatable bonds is 7. The fourth-order valence-corrected chi connectivity index (χ4v) is 2.79. The lowest BCUT2D eigenvalue weighted by molar-refractivity contribution is 0.0914. The summed E-state index contributed by atoms with van der Waals surface area (Å²) >= 11 is 0. The van der Waals surface area contributed by atoms with E-state index in [0.717, 1.165) is 18.4 Å². The molecule has 0 aliphatic heterocycles. The molecule has 1 fully saturated rings. The van der Waals surface area contributed by atoms with Crippen LogP contribution in [0.3, 0.4) is 0 Å². The Morgan fingerprint density at radius 1 is 1.33 bits per heavy atom.